The van der Waals surface area contributed by atoms with Crippen LogP contribution in [-0.4, -0.2) is 14.4 Å². The Labute approximate surface area is 79.8 Å². The van der Waals surface area contributed by atoms with Crippen molar-refractivity contribution >= 4 is 5.65 Å². The number of aromatic nitrogens is 3. The molecule has 0 unspecified atom stereocenters. The van der Waals surface area contributed by atoms with E-state index in [1.165, 1.54) is 0 Å². The highest BCUT2D eigenvalue weighted by molar-refractivity contribution is 5.61. The summed E-state index contributed by atoms with van der Waals surface area (Å²) < 4.78 is 7.00. The van der Waals surface area contributed by atoms with E-state index in [0.717, 1.165) is 16.9 Å². The molecule has 0 radical (unpaired) electrons. The van der Waals surface area contributed by atoms with Gasteiger partial charge in [-0.3, -0.25) is 9.38 Å². The predicted octanol–water partition coefficient (Wildman–Crippen LogP) is 1.99. The standard InChI is InChI=1S/C10H7N3O/c1-4-14-7-8(1)9-5-12-10-6-11-2-3-13(9)10/h1-7H. The number of fused-ring (bicyclic) bond motifs is 1. The number of hydrogen-bond donors (Lipinski definition) is 0. The summed E-state index contributed by atoms with van der Waals surface area (Å²) in [5, 5.41) is 0. The zero-order valence-electron chi connectivity index (χ0n) is 7.29. The van der Waals surface area contributed by atoms with E-state index in [0.29, 0.717) is 0 Å². The molecule has 68 valence electrons. The Morgan fingerprint density at radius 1 is 1.29 bits per heavy atom. The lowest BCUT2D eigenvalue weighted by atomic mass is 10.3. The number of rotatable bonds is 1. The number of furan rings is 1. The molecule has 0 atom stereocenters. The molecule has 0 saturated heterocycles. The largest absolute Gasteiger partial charge is 0.472 e. The van der Waals surface area contributed by atoms with Gasteiger partial charge in [0.2, 0.25) is 0 Å². The van der Waals surface area contributed by atoms with Crippen LogP contribution in [0, 0.1) is 0 Å². The van der Waals surface area contributed by atoms with Crippen LogP contribution in [0.25, 0.3) is 16.9 Å². The molecule has 0 fully saturated rings. The number of imidazole rings is 1. The Kier molecular flexibility index (Phi) is 1.41. The first-order valence-electron chi connectivity index (χ1n) is 4.25. The second kappa shape index (κ2) is 2.70. The van der Waals surface area contributed by atoms with E-state index in [1.54, 1.807) is 24.9 Å². The van der Waals surface area contributed by atoms with Crippen molar-refractivity contribution in [1.82, 2.24) is 14.4 Å². The van der Waals surface area contributed by atoms with Crippen molar-refractivity contribution in [3.05, 3.63) is 43.4 Å². The maximum atomic E-state index is 5.03. The molecule has 4 heteroatoms. The molecule has 14 heavy (non-hydrogen) atoms. The van der Waals surface area contributed by atoms with Gasteiger partial charge in [-0.2, -0.15) is 0 Å². The normalized spacial score (nSPS) is 10.9. The van der Waals surface area contributed by atoms with Gasteiger partial charge in [-0.25, -0.2) is 4.98 Å². The van der Waals surface area contributed by atoms with E-state index in [1.807, 2.05) is 22.9 Å². The van der Waals surface area contributed by atoms with Crippen LogP contribution in [0.5, 0.6) is 0 Å². The van der Waals surface area contributed by atoms with Crippen molar-refractivity contribution in [3.63, 3.8) is 0 Å². The maximum Gasteiger partial charge on any atom is 0.155 e. The summed E-state index contributed by atoms with van der Waals surface area (Å²) in [6.07, 6.45) is 10.5. The molecule has 0 aromatic carbocycles. The van der Waals surface area contributed by atoms with Gasteiger partial charge >= 0.3 is 0 Å². The molecule has 0 bridgehead atoms. The van der Waals surface area contributed by atoms with Crippen LogP contribution >= 0.6 is 0 Å². The van der Waals surface area contributed by atoms with Gasteiger partial charge in [0.1, 0.15) is 0 Å². The molecular formula is C10H7N3O. The number of hydrogen-bond acceptors (Lipinski definition) is 3. The fraction of sp³-hybridized carbons (Fsp3) is 0. The van der Waals surface area contributed by atoms with Gasteiger partial charge in [0, 0.05) is 18.0 Å². The Bertz CT molecular complexity index is 554. The SMILES string of the molecule is c1cn2c(-c3ccoc3)cnc2cn1. The zero-order chi connectivity index (χ0) is 9.38. The van der Waals surface area contributed by atoms with Gasteiger partial charge in [-0.15, -0.1) is 0 Å². The third kappa shape index (κ3) is 0.939. The highest BCUT2D eigenvalue weighted by Gasteiger charge is 2.05. The minimum atomic E-state index is 0.837. The van der Waals surface area contributed by atoms with Crippen LogP contribution in [0.15, 0.2) is 47.8 Å². The van der Waals surface area contributed by atoms with Crippen molar-refractivity contribution in [2.45, 2.75) is 0 Å². The molecule has 0 saturated carbocycles. The monoisotopic (exact) mass is 185 g/mol. The van der Waals surface area contributed by atoms with Gasteiger partial charge in [-0.1, -0.05) is 0 Å². The second-order valence-electron chi connectivity index (χ2n) is 2.96. The van der Waals surface area contributed by atoms with E-state index in [2.05, 4.69) is 9.97 Å². The molecule has 0 aliphatic heterocycles. The minimum Gasteiger partial charge on any atom is -0.472 e. The van der Waals surface area contributed by atoms with Gasteiger partial charge in [0.15, 0.2) is 5.65 Å². The van der Waals surface area contributed by atoms with Crippen molar-refractivity contribution in [2.24, 2.45) is 0 Å². The van der Waals surface area contributed by atoms with Gasteiger partial charge in [0.25, 0.3) is 0 Å². The van der Waals surface area contributed by atoms with Crippen LogP contribution < -0.4 is 0 Å². The topological polar surface area (TPSA) is 43.3 Å². The van der Waals surface area contributed by atoms with E-state index in [4.69, 9.17) is 4.42 Å². The van der Waals surface area contributed by atoms with Crippen LogP contribution in [0.4, 0.5) is 0 Å². The van der Waals surface area contributed by atoms with Crippen molar-refractivity contribution < 1.29 is 4.42 Å². The molecule has 4 nitrogen and oxygen atoms in total. The molecule has 3 heterocycles. The molecule has 0 N–H and O–H groups in total. The molecule has 3 aromatic rings. The summed E-state index contributed by atoms with van der Waals surface area (Å²) in [6, 6.07) is 1.91. The lowest BCUT2D eigenvalue weighted by Crippen LogP contribution is -1.86. The second-order valence-corrected chi connectivity index (χ2v) is 2.96. The molecule has 0 aliphatic carbocycles. The lowest BCUT2D eigenvalue weighted by molar-refractivity contribution is 0.568. The smallest absolute Gasteiger partial charge is 0.155 e. The average molecular weight is 185 g/mol. The third-order valence-electron chi connectivity index (χ3n) is 2.13. The summed E-state index contributed by atoms with van der Waals surface area (Å²) in [6.45, 7) is 0. The lowest BCUT2D eigenvalue weighted by Gasteiger charge is -1.95. The molecule has 0 spiro atoms. The van der Waals surface area contributed by atoms with Crippen LogP contribution in [0.1, 0.15) is 0 Å². The highest BCUT2D eigenvalue weighted by Crippen LogP contribution is 2.20. The average Bonchev–Trinajstić information content (AvgIpc) is 2.85. The fourth-order valence-electron chi connectivity index (χ4n) is 1.47. The summed E-state index contributed by atoms with van der Waals surface area (Å²) >= 11 is 0. The molecular weight excluding hydrogens is 178 g/mol. The predicted molar refractivity (Wildman–Crippen MR) is 50.7 cm³/mol. The molecule has 0 aliphatic rings. The highest BCUT2D eigenvalue weighted by atomic mass is 16.3. The zero-order valence-corrected chi connectivity index (χ0v) is 7.29. The first-order chi connectivity index (χ1) is 6.95. The summed E-state index contributed by atoms with van der Waals surface area (Å²) in [5.74, 6) is 0. The first kappa shape index (κ1) is 7.32. The van der Waals surface area contributed by atoms with Gasteiger partial charge in [0.05, 0.1) is 30.6 Å². The quantitative estimate of drug-likeness (QED) is 0.582. The van der Waals surface area contributed by atoms with E-state index < -0.39 is 0 Å². The van der Waals surface area contributed by atoms with Gasteiger partial charge < -0.3 is 4.42 Å². The Hall–Kier alpha value is -2.10. The number of nitrogens with zero attached hydrogens (tertiary/aromatic N) is 3. The Morgan fingerprint density at radius 2 is 2.29 bits per heavy atom. The van der Waals surface area contributed by atoms with E-state index >= 15 is 0 Å². The maximum absolute atomic E-state index is 5.03. The summed E-state index contributed by atoms with van der Waals surface area (Å²) in [7, 11) is 0. The van der Waals surface area contributed by atoms with Gasteiger partial charge in [-0.05, 0) is 6.07 Å². The van der Waals surface area contributed by atoms with Crippen molar-refractivity contribution in [2.75, 3.05) is 0 Å². The Balaban J connectivity index is 2.33. The fourth-order valence-corrected chi connectivity index (χ4v) is 1.47. The first-order valence-corrected chi connectivity index (χ1v) is 4.25. The summed E-state index contributed by atoms with van der Waals surface area (Å²) in [5.41, 5.74) is 2.86. The molecule has 0 amide bonds. The van der Waals surface area contributed by atoms with Crippen LogP contribution in [-0.2, 0) is 0 Å². The molecule has 3 aromatic heterocycles. The summed E-state index contributed by atoms with van der Waals surface area (Å²) in [4.78, 5) is 8.23. The van der Waals surface area contributed by atoms with Crippen LogP contribution in [0.3, 0.4) is 0 Å². The minimum absolute atomic E-state index is 0.837. The van der Waals surface area contributed by atoms with Crippen molar-refractivity contribution in [3.8, 4) is 11.3 Å². The Morgan fingerprint density at radius 3 is 3.14 bits per heavy atom. The third-order valence-corrected chi connectivity index (χ3v) is 2.13. The van der Waals surface area contributed by atoms with Crippen molar-refractivity contribution in [1.29, 1.82) is 0 Å². The van der Waals surface area contributed by atoms with Crippen LogP contribution in [0.2, 0.25) is 0 Å². The molecule has 3 rings (SSSR count). The van der Waals surface area contributed by atoms with E-state index in [-0.39, 0.29) is 0 Å². The van der Waals surface area contributed by atoms with E-state index in [9.17, 15) is 0 Å².